The maximum Gasteiger partial charge on any atom is 0.336 e. The zero-order valence-corrected chi connectivity index (χ0v) is 10.7. The summed E-state index contributed by atoms with van der Waals surface area (Å²) in [5.41, 5.74) is 0. The molecule has 0 aromatic carbocycles. The third-order valence-electron chi connectivity index (χ3n) is 2.10. The van der Waals surface area contributed by atoms with Crippen molar-refractivity contribution in [2.45, 2.75) is 38.8 Å². The van der Waals surface area contributed by atoms with E-state index >= 15 is 0 Å². The van der Waals surface area contributed by atoms with E-state index in [4.69, 9.17) is 0 Å². The number of nitrogens with one attached hydrogen (secondary N) is 2. The molecule has 0 saturated carbocycles. The molecule has 6 nitrogen and oxygen atoms in total. The number of methoxy groups -OCH3 is 1. The Hall–Kier alpha value is -1.14. The summed E-state index contributed by atoms with van der Waals surface area (Å²) in [6.07, 6.45) is -0.205. The first-order valence-corrected chi connectivity index (χ1v) is 5.73. The quantitative estimate of drug-likeness (QED) is 0.394. The van der Waals surface area contributed by atoms with Gasteiger partial charge in [0.1, 0.15) is 0 Å². The van der Waals surface area contributed by atoms with E-state index in [1.807, 2.05) is 13.8 Å². The second-order valence-electron chi connectivity index (χ2n) is 4.06. The van der Waals surface area contributed by atoms with Crippen LogP contribution in [0.1, 0.15) is 26.7 Å². The van der Waals surface area contributed by atoms with E-state index in [1.54, 1.807) is 0 Å². The Bertz CT molecular complexity index is 244. The van der Waals surface area contributed by atoms with Gasteiger partial charge in [-0.3, -0.25) is 4.79 Å². The Morgan fingerprint density at radius 1 is 1.35 bits per heavy atom. The standard InChI is InChI=1S/C11H22N2O4/c1-8(2)12-6-4-5-10(15)13-7-9(14)11(16)17-3/h8-9,12,14H,4-7H2,1-3H3,(H,13,15). The molecule has 0 aliphatic carbocycles. The minimum atomic E-state index is -1.29. The zero-order chi connectivity index (χ0) is 13.3. The molecule has 0 aliphatic heterocycles. The van der Waals surface area contributed by atoms with Gasteiger partial charge in [0.05, 0.1) is 13.7 Å². The van der Waals surface area contributed by atoms with Crippen LogP contribution in [0.3, 0.4) is 0 Å². The van der Waals surface area contributed by atoms with Crippen molar-refractivity contribution in [1.29, 1.82) is 0 Å². The number of aliphatic hydroxyl groups is 1. The fourth-order valence-corrected chi connectivity index (χ4v) is 1.16. The first-order chi connectivity index (χ1) is 7.97. The van der Waals surface area contributed by atoms with E-state index in [0.29, 0.717) is 12.5 Å². The number of carbonyl (C=O) groups excluding carboxylic acids is 2. The Labute approximate surface area is 102 Å². The largest absolute Gasteiger partial charge is 0.467 e. The van der Waals surface area contributed by atoms with E-state index in [1.165, 1.54) is 7.11 Å². The number of aliphatic hydroxyl groups excluding tert-OH is 1. The van der Waals surface area contributed by atoms with Crippen molar-refractivity contribution in [1.82, 2.24) is 10.6 Å². The van der Waals surface area contributed by atoms with Gasteiger partial charge in [0.15, 0.2) is 6.10 Å². The van der Waals surface area contributed by atoms with Crippen molar-refractivity contribution >= 4 is 11.9 Å². The van der Waals surface area contributed by atoms with E-state index < -0.39 is 12.1 Å². The summed E-state index contributed by atoms with van der Waals surface area (Å²) in [7, 11) is 1.19. The van der Waals surface area contributed by atoms with Gasteiger partial charge in [0.25, 0.3) is 0 Å². The lowest BCUT2D eigenvalue weighted by Crippen LogP contribution is -2.37. The molecule has 0 radical (unpaired) electrons. The summed E-state index contributed by atoms with van der Waals surface area (Å²) in [5.74, 6) is -0.926. The van der Waals surface area contributed by atoms with E-state index in [-0.39, 0.29) is 12.5 Å². The molecule has 0 aliphatic rings. The molecule has 0 heterocycles. The highest BCUT2D eigenvalue weighted by Crippen LogP contribution is 1.90. The van der Waals surface area contributed by atoms with Crippen molar-refractivity contribution in [2.75, 3.05) is 20.2 Å². The van der Waals surface area contributed by atoms with Gasteiger partial charge in [-0.1, -0.05) is 13.8 Å². The van der Waals surface area contributed by atoms with Crippen LogP contribution in [0, 0.1) is 0 Å². The molecule has 1 unspecified atom stereocenters. The molecule has 0 spiro atoms. The van der Waals surface area contributed by atoms with E-state index in [2.05, 4.69) is 15.4 Å². The first kappa shape index (κ1) is 15.9. The number of hydrogen-bond acceptors (Lipinski definition) is 5. The summed E-state index contributed by atoms with van der Waals surface area (Å²) in [6, 6.07) is 0.402. The first-order valence-electron chi connectivity index (χ1n) is 5.73. The summed E-state index contributed by atoms with van der Waals surface area (Å²) < 4.78 is 4.32. The average molecular weight is 246 g/mol. The number of amides is 1. The van der Waals surface area contributed by atoms with Gasteiger partial charge < -0.3 is 20.5 Å². The molecule has 6 heteroatoms. The third kappa shape index (κ3) is 8.65. The monoisotopic (exact) mass is 246 g/mol. The number of carbonyl (C=O) groups is 2. The van der Waals surface area contributed by atoms with Gasteiger partial charge in [-0.2, -0.15) is 0 Å². The molecular weight excluding hydrogens is 224 g/mol. The summed E-state index contributed by atoms with van der Waals surface area (Å²) in [4.78, 5) is 22.1. The van der Waals surface area contributed by atoms with Crippen LogP contribution in [-0.4, -0.2) is 49.3 Å². The topological polar surface area (TPSA) is 87.7 Å². The van der Waals surface area contributed by atoms with Crippen LogP contribution >= 0.6 is 0 Å². The molecule has 0 aromatic rings. The fourth-order valence-electron chi connectivity index (χ4n) is 1.16. The second kappa shape index (κ2) is 8.95. The van der Waals surface area contributed by atoms with Crippen molar-refractivity contribution in [3.8, 4) is 0 Å². The molecule has 0 rings (SSSR count). The number of ether oxygens (including phenoxy) is 1. The third-order valence-corrected chi connectivity index (χ3v) is 2.10. The highest BCUT2D eigenvalue weighted by molar-refractivity contribution is 5.78. The second-order valence-corrected chi connectivity index (χ2v) is 4.06. The van der Waals surface area contributed by atoms with Crippen molar-refractivity contribution in [3.63, 3.8) is 0 Å². The lowest BCUT2D eigenvalue weighted by molar-refractivity contribution is -0.150. The van der Waals surface area contributed by atoms with Crippen LogP contribution in [0.15, 0.2) is 0 Å². The van der Waals surface area contributed by atoms with E-state index in [9.17, 15) is 14.7 Å². The highest BCUT2D eigenvalue weighted by Gasteiger charge is 2.15. The normalized spacial score (nSPS) is 12.3. The minimum Gasteiger partial charge on any atom is -0.467 e. The molecule has 0 saturated heterocycles. The van der Waals surface area contributed by atoms with Gasteiger partial charge in [-0.25, -0.2) is 4.79 Å². The van der Waals surface area contributed by atoms with Crippen molar-refractivity contribution < 1.29 is 19.4 Å². The Morgan fingerprint density at radius 3 is 2.53 bits per heavy atom. The summed E-state index contributed by atoms with van der Waals surface area (Å²) in [5, 5.41) is 14.9. The fraction of sp³-hybridized carbons (Fsp3) is 0.818. The Kier molecular flexibility index (Phi) is 8.35. The maximum atomic E-state index is 11.3. The van der Waals surface area contributed by atoms with Crippen LogP contribution in [0.2, 0.25) is 0 Å². The van der Waals surface area contributed by atoms with Gasteiger partial charge in [0, 0.05) is 12.5 Å². The van der Waals surface area contributed by atoms with Crippen LogP contribution in [0.4, 0.5) is 0 Å². The molecular formula is C11H22N2O4. The minimum absolute atomic E-state index is 0.108. The number of esters is 1. The highest BCUT2D eigenvalue weighted by atomic mass is 16.5. The molecule has 17 heavy (non-hydrogen) atoms. The van der Waals surface area contributed by atoms with Crippen molar-refractivity contribution in [2.24, 2.45) is 0 Å². The van der Waals surface area contributed by atoms with Crippen LogP contribution in [0.25, 0.3) is 0 Å². The molecule has 0 bridgehead atoms. The van der Waals surface area contributed by atoms with Crippen LogP contribution < -0.4 is 10.6 Å². The van der Waals surface area contributed by atoms with Gasteiger partial charge in [0.2, 0.25) is 5.91 Å². The smallest absolute Gasteiger partial charge is 0.336 e. The SMILES string of the molecule is COC(=O)C(O)CNC(=O)CCCNC(C)C. The molecule has 1 atom stereocenters. The number of rotatable bonds is 8. The van der Waals surface area contributed by atoms with E-state index in [0.717, 1.165) is 13.0 Å². The zero-order valence-electron chi connectivity index (χ0n) is 10.7. The van der Waals surface area contributed by atoms with Crippen LogP contribution in [0.5, 0.6) is 0 Å². The predicted molar refractivity (Wildman–Crippen MR) is 63.4 cm³/mol. The number of hydrogen-bond donors (Lipinski definition) is 3. The van der Waals surface area contributed by atoms with Crippen LogP contribution in [-0.2, 0) is 14.3 Å². The summed E-state index contributed by atoms with van der Waals surface area (Å²) in [6.45, 7) is 4.73. The molecule has 100 valence electrons. The lowest BCUT2D eigenvalue weighted by Gasteiger charge is -2.10. The van der Waals surface area contributed by atoms with Gasteiger partial charge >= 0.3 is 5.97 Å². The molecule has 1 amide bonds. The molecule has 0 fully saturated rings. The Morgan fingerprint density at radius 2 is 2.00 bits per heavy atom. The van der Waals surface area contributed by atoms with Gasteiger partial charge in [-0.05, 0) is 13.0 Å². The Balaban J connectivity index is 3.56. The van der Waals surface area contributed by atoms with Crippen molar-refractivity contribution in [3.05, 3.63) is 0 Å². The predicted octanol–water partition coefficient (Wildman–Crippen LogP) is -0.585. The maximum absolute atomic E-state index is 11.3. The van der Waals surface area contributed by atoms with Gasteiger partial charge in [-0.15, -0.1) is 0 Å². The average Bonchev–Trinajstić information content (AvgIpc) is 2.30. The molecule has 0 aromatic heterocycles. The molecule has 3 N–H and O–H groups in total. The summed E-state index contributed by atoms with van der Waals surface area (Å²) >= 11 is 0. The lowest BCUT2D eigenvalue weighted by atomic mass is 10.2.